The fourth-order valence-corrected chi connectivity index (χ4v) is 2.58. The van der Waals surface area contributed by atoms with Gasteiger partial charge in [-0.2, -0.15) is 5.10 Å². The van der Waals surface area contributed by atoms with E-state index in [2.05, 4.69) is 57.4 Å². The molecule has 2 N–H and O–H groups in total. The van der Waals surface area contributed by atoms with E-state index in [-0.39, 0.29) is 12.1 Å². The van der Waals surface area contributed by atoms with E-state index in [0.29, 0.717) is 0 Å². The maximum Gasteiger partial charge on any atom is 0.133 e. The molecule has 0 saturated carbocycles. The summed E-state index contributed by atoms with van der Waals surface area (Å²) in [5.41, 5.74) is 2.29. The Morgan fingerprint density at radius 3 is 2.63 bits per heavy atom. The molecule has 4 nitrogen and oxygen atoms in total. The summed E-state index contributed by atoms with van der Waals surface area (Å²) in [6, 6.07) is 8.56. The number of nitrogens with one attached hydrogen (secondary N) is 2. The molecule has 0 spiro atoms. The minimum Gasteiger partial charge on any atom is -0.496 e. The van der Waals surface area contributed by atoms with Crippen molar-refractivity contribution in [1.82, 2.24) is 15.5 Å². The van der Waals surface area contributed by atoms with Crippen LogP contribution < -0.4 is 10.1 Å². The van der Waals surface area contributed by atoms with Gasteiger partial charge in [0.15, 0.2) is 0 Å². The van der Waals surface area contributed by atoms with Gasteiger partial charge in [-0.25, -0.2) is 0 Å². The highest BCUT2D eigenvalue weighted by Crippen LogP contribution is 2.28. The third kappa shape index (κ3) is 3.36. The Hall–Kier alpha value is -1.33. The zero-order valence-electron chi connectivity index (χ0n) is 11.3. The largest absolute Gasteiger partial charge is 0.496 e. The van der Waals surface area contributed by atoms with Crippen molar-refractivity contribution in [3.8, 4) is 5.75 Å². The van der Waals surface area contributed by atoms with Crippen molar-refractivity contribution in [2.24, 2.45) is 0 Å². The molecular formula is C14H18BrN3O. The van der Waals surface area contributed by atoms with Crippen molar-refractivity contribution in [3.05, 3.63) is 46.2 Å². The van der Waals surface area contributed by atoms with Crippen molar-refractivity contribution in [2.75, 3.05) is 7.11 Å². The molecule has 102 valence electrons. The van der Waals surface area contributed by atoms with Crippen LogP contribution in [0, 0.1) is 0 Å². The van der Waals surface area contributed by atoms with Crippen LogP contribution in [-0.4, -0.2) is 17.3 Å². The average Bonchev–Trinajstić information content (AvgIpc) is 2.92. The van der Waals surface area contributed by atoms with Crippen LogP contribution in [0.5, 0.6) is 5.75 Å². The lowest BCUT2D eigenvalue weighted by molar-refractivity contribution is 0.411. The molecule has 19 heavy (non-hydrogen) atoms. The number of aromatic nitrogens is 2. The van der Waals surface area contributed by atoms with Crippen molar-refractivity contribution >= 4 is 15.9 Å². The molecule has 0 fully saturated rings. The van der Waals surface area contributed by atoms with Crippen LogP contribution in [-0.2, 0) is 0 Å². The van der Waals surface area contributed by atoms with Crippen LogP contribution in [0.3, 0.4) is 0 Å². The van der Waals surface area contributed by atoms with Gasteiger partial charge in [0.25, 0.3) is 0 Å². The number of hydrogen-bond donors (Lipinski definition) is 2. The smallest absolute Gasteiger partial charge is 0.133 e. The highest BCUT2D eigenvalue weighted by molar-refractivity contribution is 9.10. The van der Waals surface area contributed by atoms with Gasteiger partial charge >= 0.3 is 0 Å². The van der Waals surface area contributed by atoms with Crippen LogP contribution in [0.2, 0.25) is 0 Å². The summed E-state index contributed by atoms with van der Waals surface area (Å²) < 4.78 is 6.21. The lowest BCUT2D eigenvalue weighted by Gasteiger charge is -2.20. The van der Waals surface area contributed by atoms with Crippen LogP contribution in [0.4, 0.5) is 0 Å². The van der Waals surface area contributed by atoms with E-state index < -0.39 is 0 Å². The first kappa shape index (κ1) is 14.1. The van der Waals surface area contributed by atoms with Gasteiger partial charge in [-0.15, -0.1) is 0 Å². The molecule has 0 radical (unpaired) electrons. The Balaban J connectivity index is 2.07. The Labute approximate surface area is 121 Å². The van der Waals surface area contributed by atoms with Crippen LogP contribution in [0.25, 0.3) is 0 Å². The highest BCUT2D eigenvalue weighted by atomic mass is 79.9. The second-order valence-corrected chi connectivity index (χ2v) is 5.37. The zero-order valence-corrected chi connectivity index (χ0v) is 12.9. The summed E-state index contributed by atoms with van der Waals surface area (Å²) in [4.78, 5) is 0. The Bertz CT molecular complexity index is 527. The van der Waals surface area contributed by atoms with Crippen molar-refractivity contribution < 1.29 is 4.74 Å². The summed E-state index contributed by atoms with van der Waals surface area (Å²) in [6.45, 7) is 4.25. The lowest BCUT2D eigenvalue weighted by atomic mass is 10.1. The molecule has 0 aliphatic rings. The summed E-state index contributed by atoms with van der Waals surface area (Å²) >= 11 is 3.51. The maximum absolute atomic E-state index is 5.24. The summed E-state index contributed by atoms with van der Waals surface area (Å²) in [5.74, 6) is 0.845. The molecule has 1 aromatic carbocycles. The Kier molecular flexibility index (Phi) is 4.61. The molecule has 2 rings (SSSR count). The quantitative estimate of drug-likeness (QED) is 0.884. The van der Waals surface area contributed by atoms with Crippen LogP contribution >= 0.6 is 15.9 Å². The molecule has 2 aromatic rings. The number of methoxy groups -OCH3 is 1. The maximum atomic E-state index is 5.24. The number of halogens is 1. The van der Waals surface area contributed by atoms with Gasteiger partial charge in [0, 0.05) is 18.3 Å². The van der Waals surface area contributed by atoms with E-state index in [1.54, 1.807) is 13.3 Å². The first-order chi connectivity index (χ1) is 9.11. The number of aromatic amines is 1. The van der Waals surface area contributed by atoms with Crippen molar-refractivity contribution in [1.29, 1.82) is 0 Å². The number of benzene rings is 1. The molecule has 0 aliphatic carbocycles. The van der Waals surface area contributed by atoms with E-state index in [4.69, 9.17) is 4.74 Å². The summed E-state index contributed by atoms with van der Waals surface area (Å²) in [7, 11) is 1.67. The monoisotopic (exact) mass is 323 g/mol. The average molecular weight is 324 g/mol. The molecule has 0 bridgehead atoms. The molecule has 2 unspecified atom stereocenters. The highest BCUT2D eigenvalue weighted by Gasteiger charge is 2.13. The fourth-order valence-electron chi connectivity index (χ4n) is 2.02. The predicted octanol–water partition coefficient (Wildman–Crippen LogP) is 3.59. The van der Waals surface area contributed by atoms with Gasteiger partial charge in [-0.3, -0.25) is 5.10 Å². The second kappa shape index (κ2) is 6.21. The minimum absolute atomic E-state index is 0.221. The third-order valence-electron chi connectivity index (χ3n) is 3.16. The standard InChI is InChI=1S/C14H18BrN3O/c1-9(17-10(2)13-6-7-16-18-13)11-4-5-14(19-3)12(15)8-11/h4-10,17H,1-3H3,(H,16,18). The summed E-state index contributed by atoms with van der Waals surface area (Å²) in [5, 5.41) is 10.5. The normalized spacial score (nSPS) is 14.1. The molecular weight excluding hydrogens is 306 g/mol. The predicted molar refractivity (Wildman–Crippen MR) is 79.2 cm³/mol. The fraction of sp³-hybridized carbons (Fsp3) is 0.357. The van der Waals surface area contributed by atoms with E-state index >= 15 is 0 Å². The Morgan fingerprint density at radius 1 is 1.26 bits per heavy atom. The lowest BCUT2D eigenvalue weighted by Crippen LogP contribution is -2.22. The first-order valence-electron chi connectivity index (χ1n) is 6.20. The molecule has 0 amide bonds. The van der Waals surface area contributed by atoms with Gasteiger partial charge in [0.1, 0.15) is 5.75 Å². The topological polar surface area (TPSA) is 49.9 Å². The van der Waals surface area contributed by atoms with Gasteiger partial charge in [-0.1, -0.05) is 6.07 Å². The Morgan fingerprint density at radius 2 is 2.05 bits per heavy atom. The zero-order chi connectivity index (χ0) is 13.8. The number of rotatable bonds is 5. The molecule has 2 atom stereocenters. The van der Waals surface area contributed by atoms with E-state index in [0.717, 1.165) is 15.9 Å². The van der Waals surface area contributed by atoms with E-state index in [9.17, 15) is 0 Å². The van der Waals surface area contributed by atoms with Gasteiger partial charge in [0.05, 0.1) is 17.3 Å². The molecule has 5 heteroatoms. The number of hydrogen-bond acceptors (Lipinski definition) is 3. The SMILES string of the molecule is COc1ccc(C(C)NC(C)c2ccn[nH]2)cc1Br. The first-order valence-corrected chi connectivity index (χ1v) is 7.00. The number of ether oxygens (including phenoxy) is 1. The molecule has 1 aromatic heterocycles. The van der Waals surface area contributed by atoms with E-state index in [1.807, 2.05) is 12.1 Å². The molecule has 0 saturated heterocycles. The van der Waals surface area contributed by atoms with Crippen LogP contribution in [0.1, 0.15) is 37.2 Å². The summed E-state index contributed by atoms with van der Waals surface area (Å²) in [6.07, 6.45) is 1.77. The second-order valence-electron chi connectivity index (χ2n) is 4.52. The molecule has 0 aliphatic heterocycles. The third-order valence-corrected chi connectivity index (χ3v) is 3.78. The van der Waals surface area contributed by atoms with Gasteiger partial charge in [-0.05, 0) is 53.5 Å². The van der Waals surface area contributed by atoms with Gasteiger partial charge < -0.3 is 10.1 Å². The van der Waals surface area contributed by atoms with Gasteiger partial charge in [0.2, 0.25) is 0 Å². The van der Waals surface area contributed by atoms with Crippen LogP contribution in [0.15, 0.2) is 34.9 Å². The van der Waals surface area contributed by atoms with Crippen molar-refractivity contribution in [3.63, 3.8) is 0 Å². The minimum atomic E-state index is 0.221. The number of nitrogens with zero attached hydrogens (tertiary/aromatic N) is 1. The molecule has 1 heterocycles. The van der Waals surface area contributed by atoms with Crippen molar-refractivity contribution in [2.45, 2.75) is 25.9 Å². The number of H-pyrrole nitrogens is 1. The van der Waals surface area contributed by atoms with E-state index in [1.165, 1.54) is 5.56 Å².